The van der Waals surface area contributed by atoms with Gasteiger partial charge in [-0.25, -0.2) is 0 Å². The van der Waals surface area contributed by atoms with Crippen LogP contribution in [0.4, 0.5) is 0 Å². The van der Waals surface area contributed by atoms with Gasteiger partial charge < -0.3 is 16.0 Å². The van der Waals surface area contributed by atoms with Crippen molar-refractivity contribution in [2.24, 2.45) is 17.6 Å². The number of nitrogens with one attached hydrogen (secondary N) is 1. The van der Waals surface area contributed by atoms with Crippen molar-refractivity contribution in [3.63, 3.8) is 0 Å². The molecule has 1 saturated carbocycles. The summed E-state index contributed by atoms with van der Waals surface area (Å²) in [6, 6.07) is 0.550. The van der Waals surface area contributed by atoms with Crippen LogP contribution >= 0.6 is 0 Å². The maximum atomic E-state index is 12.1. The van der Waals surface area contributed by atoms with Crippen LogP contribution in [0.2, 0.25) is 0 Å². The third-order valence-electron chi connectivity index (χ3n) is 4.37. The summed E-state index contributed by atoms with van der Waals surface area (Å²) in [6.07, 6.45) is 4.03. The molecular formula is C13H25N3O. The van der Waals surface area contributed by atoms with Crippen LogP contribution in [0.5, 0.6) is 0 Å². The minimum Gasteiger partial charge on any atom is -0.352 e. The van der Waals surface area contributed by atoms with Crippen LogP contribution in [-0.2, 0) is 4.79 Å². The second-order valence-corrected chi connectivity index (χ2v) is 5.91. The quantitative estimate of drug-likeness (QED) is 0.741. The maximum Gasteiger partial charge on any atom is 0.223 e. The van der Waals surface area contributed by atoms with Crippen molar-refractivity contribution in [3.05, 3.63) is 0 Å². The van der Waals surface area contributed by atoms with Gasteiger partial charge in [0.15, 0.2) is 0 Å². The number of carbonyl (C=O) groups is 1. The molecule has 0 bridgehead atoms. The molecule has 0 aromatic heterocycles. The second-order valence-electron chi connectivity index (χ2n) is 5.91. The van der Waals surface area contributed by atoms with Gasteiger partial charge in [-0.1, -0.05) is 6.92 Å². The van der Waals surface area contributed by atoms with Gasteiger partial charge in [0.05, 0.1) is 0 Å². The first-order chi connectivity index (χ1) is 8.06. The number of likely N-dealkylation sites (tertiary alicyclic amines) is 1. The summed E-state index contributed by atoms with van der Waals surface area (Å²) in [5.74, 6) is 0.941. The minimum atomic E-state index is 0.145. The molecule has 4 nitrogen and oxygen atoms in total. The van der Waals surface area contributed by atoms with E-state index >= 15 is 0 Å². The summed E-state index contributed by atoms with van der Waals surface area (Å²) in [6.45, 7) is 4.26. The van der Waals surface area contributed by atoms with Crippen LogP contribution < -0.4 is 11.1 Å². The molecule has 4 unspecified atom stereocenters. The zero-order valence-electron chi connectivity index (χ0n) is 11.0. The van der Waals surface area contributed by atoms with Crippen LogP contribution in [0.15, 0.2) is 0 Å². The Hall–Kier alpha value is -0.610. The molecule has 1 amide bonds. The number of hydrogen-bond donors (Lipinski definition) is 2. The topological polar surface area (TPSA) is 58.4 Å². The average Bonchev–Trinajstić information content (AvgIpc) is 2.68. The standard InChI is InChI=1S/C13H25N3O/c1-9-3-4-10(7-12(9)14)13(17)15-11-5-6-16(2)8-11/h9-12H,3-8,14H2,1-2H3,(H,15,17). The molecule has 2 fully saturated rings. The van der Waals surface area contributed by atoms with E-state index in [-0.39, 0.29) is 17.9 Å². The van der Waals surface area contributed by atoms with E-state index < -0.39 is 0 Å². The number of likely N-dealkylation sites (N-methyl/N-ethyl adjacent to an activating group) is 1. The average molecular weight is 239 g/mol. The minimum absolute atomic E-state index is 0.145. The third kappa shape index (κ3) is 3.19. The maximum absolute atomic E-state index is 12.1. The Morgan fingerprint density at radius 2 is 2.12 bits per heavy atom. The van der Waals surface area contributed by atoms with Gasteiger partial charge >= 0.3 is 0 Å². The summed E-state index contributed by atoms with van der Waals surface area (Å²) < 4.78 is 0. The van der Waals surface area contributed by atoms with E-state index in [2.05, 4.69) is 24.2 Å². The van der Waals surface area contributed by atoms with Crippen LogP contribution in [0.3, 0.4) is 0 Å². The van der Waals surface area contributed by atoms with Gasteiger partial charge in [0, 0.05) is 24.5 Å². The largest absolute Gasteiger partial charge is 0.352 e. The van der Waals surface area contributed by atoms with Gasteiger partial charge in [0.2, 0.25) is 5.91 Å². The highest BCUT2D eigenvalue weighted by atomic mass is 16.2. The molecule has 4 heteroatoms. The Balaban J connectivity index is 1.80. The molecule has 2 aliphatic rings. The van der Waals surface area contributed by atoms with E-state index in [1.54, 1.807) is 0 Å². The number of nitrogens with two attached hydrogens (primary N) is 1. The van der Waals surface area contributed by atoms with E-state index in [0.29, 0.717) is 12.0 Å². The molecule has 1 saturated heterocycles. The molecule has 17 heavy (non-hydrogen) atoms. The zero-order valence-corrected chi connectivity index (χ0v) is 11.0. The van der Waals surface area contributed by atoms with Crippen LogP contribution in [-0.4, -0.2) is 43.0 Å². The summed E-state index contributed by atoms with van der Waals surface area (Å²) in [4.78, 5) is 14.4. The van der Waals surface area contributed by atoms with Crippen molar-refractivity contribution < 1.29 is 4.79 Å². The monoisotopic (exact) mass is 239 g/mol. The number of amides is 1. The van der Waals surface area contributed by atoms with Crippen molar-refractivity contribution in [1.82, 2.24) is 10.2 Å². The van der Waals surface area contributed by atoms with Gasteiger partial charge in [0.25, 0.3) is 0 Å². The van der Waals surface area contributed by atoms with E-state index in [9.17, 15) is 4.79 Å². The first-order valence-electron chi connectivity index (χ1n) is 6.80. The van der Waals surface area contributed by atoms with Crippen molar-refractivity contribution in [3.8, 4) is 0 Å². The number of nitrogens with zero attached hydrogens (tertiary/aromatic N) is 1. The highest BCUT2D eigenvalue weighted by Gasteiger charge is 2.31. The van der Waals surface area contributed by atoms with Gasteiger partial charge in [-0.05, 0) is 45.2 Å². The number of carbonyl (C=O) groups excluding carboxylic acids is 1. The van der Waals surface area contributed by atoms with Crippen LogP contribution in [0.1, 0.15) is 32.6 Å². The highest BCUT2D eigenvalue weighted by Crippen LogP contribution is 2.28. The lowest BCUT2D eigenvalue weighted by Crippen LogP contribution is -2.45. The highest BCUT2D eigenvalue weighted by molar-refractivity contribution is 5.79. The second kappa shape index (κ2) is 5.36. The predicted octanol–water partition coefficient (Wildman–Crippen LogP) is 0.570. The molecule has 1 aliphatic heterocycles. The molecule has 4 atom stereocenters. The lowest BCUT2D eigenvalue weighted by atomic mass is 9.79. The van der Waals surface area contributed by atoms with Crippen molar-refractivity contribution in [2.45, 2.75) is 44.7 Å². The van der Waals surface area contributed by atoms with Gasteiger partial charge in [-0.15, -0.1) is 0 Å². The molecule has 1 aliphatic carbocycles. The van der Waals surface area contributed by atoms with E-state index in [1.165, 1.54) is 0 Å². The number of hydrogen-bond acceptors (Lipinski definition) is 3. The summed E-state index contributed by atoms with van der Waals surface area (Å²) in [5.41, 5.74) is 6.05. The third-order valence-corrected chi connectivity index (χ3v) is 4.37. The van der Waals surface area contributed by atoms with E-state index in [0.717, 1.165) is 38.8 Å². The number of rotatable bonds is 2. The smallest absolute Gasteiger partial charge is 0.223 e. The molecule has 98 valence electrons. The Labute approximate surface area is 104 Å². The summed E-state index contributed by atoms with van der Waals surface area (Å²) >= 11 is 0. The van der Waals surface area contributed by atoms with Crippen LogP contribution in [0, 0.1) is 11.8 Å². The van der Waals surface area contributed by atoms with Gasteiger partial charge in [-0.3, -0.25) is 4.79 Å². The fourth-order valence-electron chi connectivity index (χ4n) is 2.97. The predicted molar refractivity (Wildman–Crippen MR) is 68.5 cm³/mol. The molecule has 0 radical (unpaired) electrons. The molecular weight excluding hydrogens is 214 g/mol. The summed E-state index contributed by atoms with van der Waals surface area (Å²) in [7, 11) is 2.10. The van der Waals surface area contributed by atoms with E-state index in [4.69, 9.17) is 5.73 Å². The Morgan fingerprint density at radius 1 is 1.35 bits per heavy atom. The summed E-state index contributed by atoms with van der Waals surface area (Å²) in [5, 5.41) is 3.18. The van der Waals surface area contributed by atoms with Crippen LogP contribution in [0.25, 0.3) is 0 Å². The first kappa shape index (κ1) is 12.8. The Morgan fingerprint density at radius 3 is 2.71 bits per heavy atom. The Kier molecular flexibility index (Phi) is 4.05. The zero-order chi connectivity index (χ0) is 12.4. The Bertz CT molecular complexity index is 282. The fourth-order valence-corrected chi connectivity index (χ4v) is 2.97. The lowest BCUT2D eigenvalue weighted by molar-refractivity contribution is -0.127. The molecule has 1 heterocycles. The fraction of sp³-hybridized carbons (Fsp3) is 0.923. The van der Waals surface area contributed by atoms with Gasteiger partial charge in [0.1, 0.15) is 0 Å². The molecule has 2 rings (SSSR count). The van der Waals surface area contributed by atoms with Crippen molar-refractivity contribution in [1.29, 1.82) is 0 Å². The van der Waals surface area contributed by atoms with E-state index in [1.807, 2.05) is 0 Å². The van der Waals surface area contributed by atoms with Crippen molar-refractivity contribution >= 4 is 5.91 Å². The molecule has 0 aromatic rings. The van der Waals surface area contributed by atoms with Crippen molar-refractivity contribution in [2.75, 3.05) is 20.1 Å². The molecule has 0 spiro atoms. The lowest BCUT2D eigenvalue weighted by Gasteiger charge is -2.31. The molecule has 3 N–H and O–H groups in total. The normalized spacial score (nSPS) is 39.2. The van der Waals surface area contributed by atoms with Gasteiger partial charge in [-0.2, -0.15) is 0 Å². The SMILES string of the molecule is CC1CCC(C(=O)NC2CCN(C)C2)CC1N. The molecule has 0 aromatic carbocycles. The first-order valence-corrected chi connectivity index (χ1v) is 6.80.